The van der Waals surface area contributed by atoms with Gasteiger partial charge in [0, 0.05) is 38.1 Å². The molecule has 1 saturated heterocycles. The van der Waals surface area contributed by atoms with Crippen LogP contribution in [0.15, 0.2) is 79.1 Å². The van der Waals surface area contributed by atoms with Gasteiger partial charge >= 0.3 is 0 Å². The molecule has 2 heterocycles. The van der Waals surface area contributed by atoms with Gasteiger partial charge in [-0.2, -0.15) is 0 Å². The van der Waals surface area contributed by atoms with E-state index in [9.17, 15) is 9.18 Å². The third kappa shape index (κ3) is 4.87. The van der Waals surface area contributed by atoms with E-state index < -0.39 is 0 Å². The van der Waals surface area contributed by atoms with E-state index in [1.165, 1.54) is 17.7 Å². The highest BCUT2D eigenvalue weighted by molar-refractivity contribution is 5.79. The van der Waals surface area contributed by atoms with Crippen LogP contribution in [0.4, 0.5) is 4.39 Å². The number of nitrogens with zero attached hydrogens (tertiary/aromatic N) is 2. The van der Waals surface area contributed by atoms with Crippen LogP contribution in [0.2, 0.25) is 0 Å². The van der Waals surface area contributed by atoms with Crippen LogP contribution in [0.1, 0.15) is 29.2 Å². The summed E-state index contributed by atoms with van der Waals surface area (Å²) in [6.07, 6.45) is 4.20. The molecular formula is C24H24FN3O. The number of pyridine rings is 1. The Morgan fingerprint density at radius 1 is 1.03 bits per heavy atom. The van der Waals surface area contributed by atoms with Crippen LogP contribution in [0.5, 0.6) is 0 Å². The van der Waals surface area contributed by atoms with Gasteiger partial charge in [-0.1, -0.05) is 48.5 Å². The molecule has 1 aliphatic heterocycles. The van der Waals surface area contributed by atoms with Crippen molar-refractivity contribution in [2.75, 3.05) is 6.54 Å². The number of hydrogen-bond donors (Lipinski definition) is 1. The molecular weight excluding hydrogens is 365 g/mol. The molecule has 1 N–H and O–H groups in total. The normalized spacial score (nSPS) is 19.2. The Morgan fingerprint density at radius 3 is 2.52 bits per heavy atom. The standard InChI is InChI=1S/C24H24FN3O/c25-22-10-8-20(9-11-22)23-13-21(17-28(23)16-18-5-2-1-3-6-18)24(29)27-15-19-7-4-12-26-14-19/h1-12,14,21,23H,13,15-17H2,(H,27,29)/t21-,23+/m1/s1. The quantitative estimate of drug-likeness (QED) is 0.690. The van der Waals surface area contributed by atoms with Gasteiger partial charge in [0.2, 0.25) is 5.91 Å². The van der Waals surface area contributed by atoms with Crippen LogP contribution >= 0.6 is 0 Å². The highest BCUT2D eigenvalue weighted by Crippen LogP contribution is 2.36. The van der Waals surface area contributed by atoms with Crippen LogP contribution in [0.3, 0.4) is 0 Å². The number of nitrogens with one attached hydrogen (secondary N) is 1. The van der Waals surface area contributed by atoms with Gasteiger partial charge in [-0.15, -0.1) is 0 Å². The van der Waals surface area contributed by atoms with Crippen LogP contribution in [-0.4, -0.2) is 22.3 Å². The van der Waals surface area contributed by atoms with Crippen molar-refractivity contribution >= 4 is 5.91 Å². The number of rotatable bonds is 6. The Labute approximate surface area is 170 Å². The number of halogens is 1. The minimum Gasteiger partial charge on any atom is -0.352 e. The number of carbonyl (C=O) groups is 1. The van der Waals surface area contributed by atoms with E-state index >= 15 is 0 Å². The Kier molecular flexibility index (Phi) is 5.96. The average Bonchev–Trinajstić information content (AvgIpc) is 3.18. The van der Waals surface area contributed by atoms with Crippen molar-refractivity contribution in [3.8, 4) is 0 Å². The zero-order chi connectivity index (χ0) is 20.1. The number of hydrogen-bond acceptors (Lipinski definition) is 3. The SMILES string of the molecule is O=C(NCc1cccnc1)[C@@H]1C[C@@H](c2ccc(F)cc2)N(Cc2ccccc2)C1. The molecule has 0 spiro atoms. The summed E-state index contributed by atoms with van der Waals surface area (Å²) in [6.45, 7) is 1.91. The first-order chi connectivity index (χ1) is 14.2. The predicted octanol–water partition coefficient (Wildman–Crippen LogP) is 4.10. The average molecular weight is 389 g/mol. The van der Waals surface area contributed by atoms with Crippen molar-refractivity contribution in [1.82, 2.24) is 15.2 Å². The molecule has 0 bridgehead atoms. The fraction of sp³-hybridized carbons (Fsp3) is 0.250. The summed E-state index contributed by atoms with van der Waals surface area (Å²) >= 11 is 0. The van der Waals surface area contributed by atoms with Gasteiger partial charge < -0.3 is 5.32 Å². The molecule has 4 nitrogen and oxygen atoms in total. The topological polar surface area (TPSA) is 45.2 Å². The molecule has 29 heavy (non-hydrogen) atoms. The minimum atomic E-state index is -0.243. The fourth-order valence-electron chi connectivity index (χ4n) is 3.95. The van der Waals surface area contributed by atoms with Gasteiger partial charge in [0.15, 0.2) is 0 Å². The van der Waals surface area contributed by atoms with Crippen molar-refractivity contribution in [1.29, 1.82) is 0 Å². The summed E-state index contributed by atoms with van der Waals surface area (Å²) in [5.74, 6) is -0.297. The maximum absolute atomic E-state index is 13.4. The Hall–Kier alpha value is -3.05. The molecule has 5 heteroatoms. The number of benzene rings is 2. The second-order valence-electron chi connectivity index (χ2n) is 7.49. The summed E-state index contributed by atoms with van der Waals surface area (Å²) in [5, 5.41) is 3.04. The van der Waals surface area contributed by atoms with Gasteiger partial charge in [0.25, 0.3) is 0 Å². The first-order valence-electron chi connectivity index (χ1n) is 9.89. The van der Waals surface area contributed by atoms with E-state index in [0.29, 0.717) is 13.1 Å². The molecule has 2 atom stereocenters. The second-order valence-corrected chi connectivity index (χ2v) is 7.49. The van der Waals surface area contributed by atoms with Gasteiger partial charge in [-0.25, -0.2) is 4.39 Å². The van der Waals surface area contributed by atoms with Crippen molar-refractivity contribution in [2.24, 2.45) is 5.92 Å². The van der Waals surface area contributed by atoms with Crippen molar-refractivity contribution < 1.29 is 9.18 Å². The first kappa shape index (κ1) is 19.3. The maximum Gasteiger partial charge on any atom is 0.224 e. The maximum atomic E-state index is 13.4. The lowest BCUT2D eigenvalue weighted by Gasteiger charge is -2.24. The van der Waals surface area contributed by atoms with Crippen LogP contribution in [0, 0.1) is 11.7 Å². The number of amides is 1. The van der Waals surface area contributed by atoms with Gasteiger partial charge in [-0.05, 0) is 41.3 Å². The number of aromatic nitrogens is 1. The molecule has 148 valence electrons. The Morgan fingerprint density at radius 2 is 1.79 bits per heavy atom. The molecule has 1 aliphatic rings. The Balaban J connectivity index is 1.47. The van der Waals surface area contributed by atoms with E-state index in [2.05, 4.69) is 27.3 Å². The van der Waals surface area contributed by atoms with E-state index in [1.807, 2.05) is 42.5 Å². The number of carbonyl (C=O) groups excluding carboxylic acids is 1. The lowest BCUT2D eigenvalue weighted by atomic mass is 9.99. The second kappa shape index (κ2) is 8.97. The lowest BCUT2D eigenvalue weighted by Crippen LogP contribution is -2.32. The molecule has 4 rings (SSSR count). The largest absolute Gasteiger partial charge is 0.352 e. The predicted molar refractivity (Wildman–Crippen MR) is 110 cm³/mol. The molecule has 0 saturated carbocycles. The van der Waals surface area contributed by atoms with Crippen LogP contribution in [-0.2, 0) is 17.9 Å². The van der Waals surface area contributed by atoms with Gasteiger partial charge in [0.1, 0.15) is 5.82 Å². The highest BCUT2D eigenvalue weighted by atomic mass is 19.1. The zero-order valence-electron chi connectivity index (χ0n) is 16.2. The minimum absolute atomic E-state index is 0.0523. The van der Waals surface area contributed by atoms with Crippen LogP contribution in [0.25, 0.3) is 0 Å². The third-order valence-electron chi connectivity index (χ3n) is 5.45. The monoisotopic (exact) mass is 389 g/mol. The fourth-order valence-corrected chi connectivity index (χ4v) is 3.95. The van der Waals surface area contributed by atoms with E-state index in [4.69, 9.17) is 0 Å². The molecule has 1 aromatic heterocycles. The van der Waals surface area contributed by atoms with E-state index in [-0.39, 0.29) is 23.7 Å². The van der Waals surface area contributed by atoms with Crippen LogP contribution < -0.4 is 5.32 Å². The van der Waals surface area contributed by atoms with E-state index in [0.717, 1.165) is 24.1 Å². The highest BCUT2D eigenvalue weighted by Gasteiger charge is 2.36. The molecule has 0 radical (unpaired) electrons. The molecule has 2 aromatic carbocycles. The number of likely N-dealkylation sites (tertiary alicyclic amines) is 1. The van der Waals surface area contributed by atoms with Crippen molar-refractivity contribution in [3.63, 3.8) is 0 Å². The molecule has 1 fully saturated rings. The smallest absolute Gasteiger partial charge is 0.224 e. The first-order valence-corrected chi connectivity index (χ1v) is 9.89. The molecule has 0 aliphatic carbocycles. The van der Waals surface area contributed by atoms with Gasteiger partial charge in [-0.3, -0.25) is 14.7 Å². The van der Waals surface area contributed by atoms with E-state index in [1.54, 1.807) is 12.4 Å². The Bertz CT molecular complexity index is 931. The zero-order valence-corrected chi connectivity index (χ0v) is 16.2. The molecule has 0 unspecified atom stereocenters. The third-order valence-corrected chi connectivity index (χ3v) is 5.45. The molecule has 3 aromatic rings. The lowest BCUT2D eigenvalue weighted by molar-refractivity contribution is -0.124. The summed E-state index contributed by atoms with van der Waals surface area (Å²) in [7, 11) is 0. The van der Waals surface area contributed by atoms with Crippen molar-refractivity contribution in [2.45, 2.75) is 25.6 Å². The van der Waals surface area contributed by atoms with Crippen molar-refractivity contribution in [3.05, 3.63) is 102 Å². The summed E-state index contributed by atoms with van der Waals surface area (Å²) in [4.78, 5) is 19.2. The summed E-state index contributed by atoms with van der Waals surface area (Å²) in [6, 6.07) is 20.8. The van der Waals surface area contributed by atoms with Gasteiger partial charge in [0.05, 0.1) is 5.92 Å². The summed E-state index contributed by atoms with van der Waals surface area (Å²) in [5.41, 5.74) is 3.23. The molecule has 1 amide bonds. The summed E-state index contributed by atoms with van der Waals surface area (Å²) < 4.78 is 13.4.